The largest absolute Gasteiger partial charge is 0.493 e. The summed E-state index contributed by atoms with van der Waals surface area (Å²) in [5.74, 6) is 2.81. The summed E-state index contributed by atoms with van der Waals surface area (Å²) in [5, 5.41) is 3.45. The van der Waals surface area contributed by atoms with E-state index in [-0.39, 0.29) is 34.9 Å². The van der Waals surface area contributed by atoms with Gasteiger partial charge in [0.15, 0.2) is 17.5 Å². The van der Waals surface area contributed by atoms with Crippen LogP contribution in [0.3, 0.4) is 0 Å². The first kappa shape index (κ1) is 22.7. The van der Waals surface area contributed by atoms with Crippen LogP contribution in [0.5, 0.6) is 17.2 Å². The molecule has 1 saturated heterocycles. The maximum Gasteiger partial charge on any atom is 0.203 e. The Bertz CT molecular complexity index is 634. The van der Waals surface area contributed by atoms with Gasteiger partial charge in [-0.3, -0.25) is 4.99 Å². The molecule has 0 radical (unpaired) electrons. The van der Waals surface area contributed by atoms with E-state index < -0.39 is 0 Å². The number of methoxy groups -OCH3 is 3. The third kappa shape index (κ3) is 3.97. The highest BCUT2D eigenvalue weighted by molar-refractivity contribution is 14.0. The van der Waals surface area contributed by atoms with Crippen molar-refractivity contribution in [2.24, 2.45) is 10.4 Å². The molecule has 0 aromatic heterocycles. The van der Waals surface area contributed by atoms with E-state index in [9.17, 15) is 0 Å². The Hall–Kier alpha value is -1.38. The molecule has 0 spiro atoms. The van der Waals surface area contributed by atoms with E-state index in [2.05, 4.69) is 42.9 Å². The van der Waals surface area contributed by atoms with Crippen LogP contribution in [-0.2, 0) is 6.54 Å². The van der Waals surface area contributed by atoms with E-state index in [1.807, 2.05) is 19.2 Å². The Balaban J connectivity index is 0.00000338. The fraction of sp³-hybridized carbons (Fsp3) is 0.632. The Morgan fingerprint density at radius 2 is 1.62 bits per heavy atom. The lowest BCUT2D eigenvalue weighted by molar-refractivity contribution is -0.0667. The number of likely N-dealkylation sites (tertiary alicyclic amines) is 1. The molecule has 6 nitrogen and oxygen atoms in total. The molecule has 1 aliphatic rings. The van der Waals surface area contributed by atoms with Crippen molar-refractivity contribution in [1.29, 1.82) is 0 Å². The van der Waals surface area contributed by atoms with Gasteiger partial charge in [0.05, 0.1) is 21.3 Å². The minimum Gasteiger partial charge on any atom is -0.493 e. The van der Waals surface area contributed by atoms with Crippen molar-refractivity contribution in [2.75, 3.05) is 34.9 Å². The van der Waals surface area contributed by atoms with E-state index in [1.165, 1.54) is 0 Å². The van der Waals surface area contributed by atoms with Gasteiger partial charge in [-0.2, -0.15) is 0 Å². The summed E-state index contributed by atoms with van der Waals surface area (Å²) in [4.78, 5) is 6.76. The zero-order valence-electron chi connectivity index (χ0n) is 17.1. The van der Waals surface area contributed by atoms with Crippen molar-refractivity contribution in [1.82, 2.24) is 10.2 Å². The van der Waals surface area contributed by atoms with Crippen LogP contribution >= 0.6 is 24.0 Å². The van der Waals surface area contributed by atoms with Crippen LogP contribution in [0.2, 0.25) is 0 Å². The van der Waals surface area contributed by atoms with Crippen molar-refractivity contribution < 1.29 is 14.2 Å². The summed E-state index contributed by atoms with van der Waals surface area (Å²) in [5.41, 5.74) is 1.36. The van der Waals surface area contributed by atoms with Crippen LogP contribution in [-0.4, -0.2) is 51.3 Å². The molecule has 1 fully saturated rings. The summed E-state index contributed by atoms with van der Waals surface area (Å²) < 4.78 is 16.2. The first-order valence-electron chi connectivity index (χ1n) is 8.49. The second kappa shape index (κ2) is 8.54. The predicted octanol–water partition coefficient (Wildman–Crippen LogP) is 3.53. The molecule has 0 atom stereocenters. The number of benzene rings is 1. The Labute approximate surface area is 174 Å². The summed E-state index contributed by atoms with van der Waals surface area (Å²) in [6.45, 7) is 10.7. The minimum atomic E-state index is 0. The quantitative estimate of drug-likeness (QED) is 0.400. The maximum absolute atomic E-state index is 5.42. The first-order chi connectivity index (χ1) is 11.7. The topological polar surface area (TPSA) is 55.3 Å². The summed E-state index contributed by atoms with van der Waals surface area (Å²) in [6, 6.07) is 3.90. The molecule has 2 rings (SSSR count). The fourth-order valence-electron chi connectivity index (χ4n) is 3.11. The van der Waals surface area contributed by atoms with Crippen LogP contribution in [0.25, 0.3) is 0 Å². The van der Waals surface area contributed by atoms with Crippen molar-refractivity contribution in [3.05, 3.63) is 17.7 Å². The molecule has 0 aliphatic carbocycles. The summed E-state index contributed by atoms with van der Waals surface area (Å²) in [7, 11) is 6.67. The van der Waals surface area contributed by atoms with Crippen LogP contribution in [0.1, 0.15) is 33.3 Å². The molecule has 0 unspecified atom stereocenters. The zero-order chi connectivity index (χ0) is 18.8. The molecule has 148 valence electrons. The van der Waals surface area contributed by atoms with Gasteiger partial charge >= 0.3 is 0 Å². The van der Waals surface area contributed by atoms with E-state index in [1.54, 1.807) is 21.3 Å². The highest BCUT2D eigenvalue weighted by atomic mass is 127. The van der Waals surface area contributed by atoms with E-state index in [0.29, 0.717) is 23.8 Å². The number of guanidine groups is 1. The highest BCUT2D eigenvalue weighted by Gasteiger charge is 2.53. The van der Waals surface area contributed by atoms with Crippen LogP contribution in [0, 0.1) is 5.41 Å². The van der Waals surface area contributed by atoms with Crippen molar-refractivity contribution in [2.45, 2.75) is 39.8 Å². The average Bonchev–Trinajstić information content (AvgIpc) is 2.60. The van der Waals surface area contributed by atoms with Gasteiger partial charge in [-0.25, -0.2) is 0 Å². The second-order valence-corrected chi connectivity index (χ2v) is 7.46. The Morgan fingerprint density at radius 1 is 1.08 bits per heavy atom. The zero-order valence-corrected chi connectivity index (χ0v) is 19.4. The number of nitrogens with zero attached hydrogens (tertiary/aromatic N) is 2. The van der Waals surface area contributed by atoms with Gasteiger partial charge in [0.2, 0.25) is 5.75 Å². The average molecular weight is 477 g/mol. The van der Waals surface area contributed by atoms with Gasteiger partial charge in [-0.15, -0.1) is 24.0 Å². The lowest BCUT2D eigenvalue weighted by Gasteiger charge is -2.62. The lowest BCUT2D eigenvalue weighted by atomic mass is 9.65. The number of aliphatic imine (C=N–C) groups is 1. The van der Waals surface area contributed by atoms with Crippen LogP contribution in [0.4, 0.5) is 0 Å². The predicted molar refractivity (Wildman–Crippen MR) is 116 cm³/mol. The Kier molecular flexibility index (Phi) is 7.44. The van der Waals surface area contributed by atoms with Crippen molar-refractivity contribution in [3.8, 4) is 17.2 Å². The number of hydrogen-bond acceptors (Lipinski definition) is 4. The van der Waals surface area contributed by atoms with Gasteiger partial charge in [0.25, 0.3) is 0 Å². The van der Waals surface area contributed by atoms with Crippen LogP contribution < -0.4 is 19.5 Å². The number of rotatable bonds is 5. The molecule has 1 aromatic rings. The number of hydrogen-bond donors (Lipinski definition) is 1. The lowest BCUT2D eigenvalue weighted by Crippen LogP contribution is -2.72. The van der Waals surface area contributed by atoms with Crippen LogP contribution in [0.15, 0.2) is 17.1 Å². The normalized spacial score (nSPS) is 17.7. The molecular formula is C19H32IN3O3. The van der Waals surface area contributed by atoms with E-state index in [4.69, 9.17) is 14.2 Å². The number of halogens is 1. The van der Waals surface area contributed by atoms with Crippen molar-refractivity contribution in [3.63, 3.8) is 0 Å². The second-order valence-electron chi connectivity index (χ2n) is 7.46. The third-order valence-corrected chi connectivity index (χ3v) is 5.53. The fourth-order valence-corrected chi connectivity index (χ4v) is 3.11. The van der Waals surface area contributed by atoms with E-state index in [0.717, 1.165) is 18.1 Å². The van der Waals surface area contributed by atoms with Gasteiger partial charge in [0.1, 0.15) is 0 Å². The summed E-state index contributed by atoms with van der Waals surface area (Å²) >= 11 is 0. The maximum atomic E-state index is 5.42. The molecule has 7 heteroatoms. The molecule has 1 N–H and O–H groups in total. The molecule has 1 aliphatic heterocycles. The number of ether oxygens (including phenoxy) is 3. The Morgan fingerprint density at radius 3 is 1.96 bits per heavy atom. The first-order valence-corrected chi connectivity index (χ1v) is 8.49. The molecule has 26 heavy (non-hydrogen) atoms. The molecular weight excluding hydrogens is 445 g/mol. The molecule has 1 heterocycles. The molecule has 0 amide bonds. The van der Waals surface area contributed by atoms with Gasteiger partial charge in [0, 0.05) is 31.1 Å². The monoisotopic (exact) mass is 477 g/mol. The third-order valence-electron chi connectivity index (χ3n) is 5.53. The molecule has 1 aromatic carbocycles. The smallest absolute Gasteiger partial charge is 0.203 e. The highest BCUT2D eigenvalue weighted by Crippen LogP contribution is 2.46. The van der Waals surface area contributed by atoms with Gasteiger partial charge in [-0.05, 0) is 31.5 Å². The van der Waals surface area contributed by atoms with Gasteiger partial charge in [-0.1, -0.05) is 13.8 Å². The molecule has 0 saturated carbocycles. The van der Waals surface area contributed by atoms with Gasteiger partial charge < -0.3 is 24.4 Å². The SMILES string of the molecule is CN=C(NCc1cc(OC)c(OC)c(OC)c1)N1CC(C)(C)C1(C)C.I. The van der Waals surface area contributed by atoms with Crippen molar-refractivity contribution >= 4 is 29.9 Å². The molecule has 0 bridgehead atoms. The number of nitrogens with one attached hydrogen (secondary N) is 1. The minimum absolute atomic E-state index is 0. The summed E-state index contributed by atoms with van der Waals surface area (Å²) in [6.07, 6.45) is 0. The van der Waals surface area contributed by atoms with E-state index >= 15 is 0 Å². The standard InChI is InChI=1S/C19H31N3O3.HI/c1-18(2)12-22(19(18,3)4)17(20-5)21-11-13-9-14(23-6)16(25-8)15(10-13)24-7;/h9-10H,11-12H2,1-8H3,(H,20,21);1H.